The number of hydrogen-bond donors (Lipinski definition) is 2. The lowest BCUT2D eigenvalue weighted by Crippen LogP contribution is -2.41. The number of nitrogens with zero attached hydrogens (tertiary/aromatic N) is 4. The van der Waals surface area contributed by atoms with Crippen molar-refractivity contribution in [2.75, 3.05) is 25.0 Å². The average Bonchev–Trinajstić information content (AvgIpc) is 3.27. The summed E-state index contributed by atoms with van der Waals surface area (Å²) in [5.74, 6) is -0.170. The third kappa shape index (κ3) is 4.86. The van der Waals surface area contributed by atoms with Gasteiger partial charge >= 0.3 is 0 Å². The summed E-state index contributed by atoms with van der Waals surface area (Å²) in [4.78, 5) is 16.1. The van der Waals surface area contributed by atoms with Crippen LogP contribution in [0.15, 0.2) is 53.8 Å². The highest BCUT2D eigenvalue weighted by molar-refractivity contribution is 7.89. The summed E-state index contributed by atoms with van der Waals surface area (Å²) in [5, 5.41) is 4.27. The molecule has 1 aromatic carbocycles. The third-order valence-electron chi connectivity index (χ3n) is 6.15. The Morgan fingerprint density at radius 2 is 2.11 bits per heavy atom. The largest absolute Gasteiger partial charge is 0.367 e. The number of H-pyrrole nitrogens is 1. The number of rotatable bonds is 6. The van der Waals surface area contributed by atoms with Crippen LogP contribution in [0.1, 0.15) is 18.4 Å². The van der Waals surface area contributed by atoms with Gasteiger partial charge in [0.05, 0.1) is 16.1 Å². The normalized spacial score (nSPS) is 17.1. The lowest BCUT2D eigenvalue weighted by molar-refractivity contribution is 0.275. The van der Waals surface area contributed by atoms with E-state index in [9.17, 15) is 12.8 Å². The molecule has 0 bridgehead atoms. The predicted molar refractivity (Wildman–Crippen MR) is 133 cm³/mol. The van der Waals surface area contributed by atoms with Gasteiger partial charge in [0.25, 0.3) is 0 Å². The Kier molecular flexibility index (Phi) is 6.43. The maximum Gasteiger partial charge on any atom is 0.243 e. The summed E-state index contributed by atoms with van der Waals surface area (Å²) in [5.41, 5.74) is 2.18. The molecule has 1 atom stereocenters. The number of pyridine rings is 1. The fourth-order valence-electron chi connectivity index (χ4n) is 4.36. The van der Waals surface area contributed by atoms with E-state index in [-0.39, 0.29) is 11.7 Å². The van der Waals surface area contributed by atoms with Crippen molar-refractivity contribution in [2.45, 2.75) is 24.7 Å². The molecule has 0 aliphatic carbocycles. The van der Waals surface area contributed by atoms with Gasteiger partial charge in [-0.25, -0.2) is 27.8 Å². The number of piperidine rings is 1. The standard InChI is InChI=1S/C24H24ClFN6O2S/c1-15-4-2-6-18(8-15)35(33,34)32-7-3-5-16(14-32)10-27-24-21(26)13-30-23(31-24)20-12-29-22-19(20)9-17(25)11-28-22/h2,4,6,8-9,11-13,16H,3,5,7,10,14H2,1H3,(H,28,29)(H,27,30,31). The fourth-order valence-corrected chi connectivity index (χ4v) is 6.18. The van der Waals surface area contributed by atoms with E-state index < -0.39 is 15.8 Å². The number of nitrogens with one attached hydrogen (secondary N) is 2. The quantitative estimate of drug-likeness (QED) is 0.388. The first-order valence-electron chi connectivity index (χ1n) is 11.3. The molecule has 35 heavy (non-hydrogen) atoms. The van der Waals surface area contributed by atoms with Gasteiger partial charge in [-0.1, -0.05) is 23.7 Å². The number of sulfonamides is 1. The van der Waals surface area contributed by atoms with E-state index >= 15 is 0 Å². The molecule has 1 unspecified atom stereocenters. The van der Waals surface area contributed by atoms with Gasteiger partial charge in [-0.05, 0) is 49.4 Å². The van der Waals surface area contributed by atoms with Crippen molar-refractivity contribution in [1.29, 1.82) is 0 Å². The Hall–Kier alpha value is -3.08. The van der Waals surface area contributed by atoms with E-state index in [0.29, 0.717) is 46.6 Å². The average molecular weight is 515 g/mol. The molecule has 0 amide bonds. The van der Waals surface area contributed by atoms with Crippen LogP contribution in [0, 0.1) is 18.7 Å². The van der Waals surface area contributed by atoms with Crippen LogP contribution in [0.2, 0.25) is 5.02 Å². The van der Waals surface area contributed by atoms with E-state index in [1.54, 1.807) is 30.5 Å². The van der Waals surface area contributed by atoms with Gasteiger partial charge in [0.2, 0.25) is 10.0 Å². The van der Waals surface area contributed by atoms with Crippen LogP contribution >= 0.6 is 11.6 Å². The van der Waals surface area contributed by atoms with Gasteiger partial charge in [0.1, 0.15) is 5.65 Å². The minimum absolute atomic E-state index is 0.0113. The molecule has 0 radical (unpaired) electrons. The van der Waals surface area contributed by atoms with E-state index in [0.717, 1.165) is 30.0 Å². The first kappa shape index (κ1) is 23.7. The Morgan fingerprint density at radius 3 is 2.94 bits per heavy atom. The highest BCUT2D eigenvalue weighted by Gasteiger charge is 2.30. The summed E-state index contributed by atoms with van der Waals surface area (Å²) in [6.45, 7) is 3.08. The molecule has 1 fully saturated rings. The molecule has 5 rings (SSSR count). The van der Waals surface area contributed by atoms with Gasteiger partial charge in [0.15, 0.2) is 17.5 Å². The molecule has 1 aliphatic rings. The Bertz CT molecular complexity index is 1490. The Labute approximate surface area is 207 Å². The van der Waals surface area contributed by atoms with Crippen molar-refractivity contribution in [2.24, 2.45) is 5.92 Å². The number of aromatic amines is 1. The smallest absolute Gasteiger partial charge is 0.243 e. The highest BCUT2D eigenvalue weighted by atomic mass is 35.5. The van der Waals surface area contributed by atoms with Crippen LogP contribution in [-0.2, 0) is 10.0 Å². The van der Waals surface area contributed by atoms with Crippen LogP contribution in [0.3, 0.4) is 0 Å². The van der Waals surface area contributed by atoms with Crippen molar-refractivity contribution in [1.82, 2.24) is 24.2 Å². The molecule has 182 valence electrons. The number of halogens is 2. The van der Waals surface area contributed by atoms with E-state index in [4.69, 9.17) is 11.6 Å². The second-order valence-electron chi connectivity index (χ2n) is 8.71. The molecule has 11 heteroatoms. The zero-order chi connectivity index (χ0) is 24.6. The minimum Gasteiger partial charge on any atom is -0.367 e. The molecular weight excluding hydrogens is 491 g/mol. The van der Waals surface area contributed by atoms with E-state index in [1.165, 1.54) is 10.5 Å². The maximum atomic E-state index is 14.5. The summed E-state index contributed by atoms with van der Waals surface area (Å²) in [7, 11) is -3.58. The maximum absolute atomic E-state index is 14.5. The van der Waals surface area contributed by atoms with Gasteiger partial charge in [-0.2, -0.15) is 4.31 Å². The molecule has 1 saturated heterocycles. The number of hydrogen-bond acceptors (Lipinski definition) is 6. The van der Waals surface area contributed by atoms with Crippen molar-refractivity contribution in [3.8, 4) is 11.4 Å². The molecule has 4 heterocycles. The molecule has 0 spiro atoms. The Morgan fingerprint density at radius 1 is 1.26 bits per heavy atom. The van der Waals surface area contributed by atoms with Gasteiger partial charge in [0, 0.05) is 43.0 Å². The monoisotopic (exact) mass is 514 g/mol. The summed E-state index contributed by atoms with van der Waals surface area (Å²) < 4.78 is 42.3. The van der Waals surface area contributed by atoms with Crippen molar-refractivity contribution in [3.05, 3.63) is 65.3 Å². The zero-order valence-electron chi connectivity index (χ0n) is 19.0. The number of aryl methyl sites for hydroxylation is 1. The minimum atomic E-state index is -3.58. The second kappa shape index (κ2) is 9.52. The molecule has 8 nitrogen and oxygen atoms in total. The Balaban J connectivity index is 1.32. The van der Waals surface area contributed by atoms with Crippen molar-refractivity contribution < 1.29 is 12.8 Å². The first-order chi connectivity index (χ1) is 16.8. The fraction of sp³-hybridized carbons (Fsp3) is 0.292. The second-order valence-corrected chi connectivity index (χ2v) is 11.1. The highest BCUT2D eigenvalue weighted by Crippen LogP contribution is 2.29. The molecular formula is C24H24ClFN6O2S. The van der Waals surface area contributed by atoms with E-state index in [1.807, 2.05) is 13.0 Å². The summed E-state index contributed by atoms with van der Waals surface area (Å²) in [6, 6.07) is 8.67. The van der Waals surface area contributed by atoms with Crippen LogP contribution in [0.5, 0.6) is 0 Å². The van der Waals surface area contributed by atoms with Crippen LogP contribution in [0.25, 0.3) is 22.4 Å². The molecule has 0 saturated carbocycles. The number of anilines is 1. The molecule has 2 N–H and O–H groups in total. The third-order valence-corrected chi connectivity index (χ3v) is 8.22. The topological polar surface area (TPSA) is 104 Å². The van der Waals surface area contributed by atoms with Gasteiger partial charge in [-0.3, -0.25) is 0 Å². The number of benzene rings is 1. The number of fused-ring (bicyclic) bond motifs is 1. The summed E-state index contributed by atoms with van der Waals surface area (Å²) in [6.07, 6.45) is 5.93. The predicted octanol–water partition coefficient (Wildman–Crippen LogP) is 4.63. The van der Waals surface area contributed by atoms with Gasteiger partial charge < -0.3 is 10.3 Å². The van der Waals surface area contributed by atoms with Crippen molar-refractivity contribution >= 4 is 38.5 Å². The van der Waals surface area contributed by atoms with Crippen molar-refractivity contribution in [3.63, 3.8) is 0 Å². The first-order valence-corrected chi connectivity index (χ1v) is 13.1. The molecule has 4 aromatic rings. The van der Waals surface area contributed by atoms with Crippen LogP contribution < -0.4 is 5.32 Å². The lowest BCUT2D eigenvalue weighted by atomic mass is 10.00. The van der Waals surface area contributed by atoms with Crippen LogP contribution in [0.4, 0.5) is 10.2 Å². The molecule has 1 aliphatic heterocycles. The molecule has 3 aromatic heterocycles. The van der Waals surface area contributed by atoms with Crippen LogP contribution in [-0.4, -0.2) is 52.3 Å². The van der Waals surface area contributed by atoms with Gasteiger partial charge in [-0.15, -0.1) is 0 Å². The summed E-state index contributed by atoms with van der Waals surface area (Å²) >= 11 is 6.08. The number of aromatic nitrogens is 4. The van der Waals surface area contributed by atoms with E-state index in [2.05, 4.69) is 25.3 Å². The zero-order valence-corrected chi connectivity index (χ0v) is 20.6. The lowest BCUT2D eigenvalue weighted by Gasteiger charge is -2.32. The SMILES string of the molecule is Cc1cccc(S(=O)(=O)N2CCCC(CNc3nc(-c4c[nH]c5ncc(Cl)cc45)ncc3F)C2)c1.